The summed E-state index contributed by atoms with van der Waals surface area (Å²) in [4.78, 5) is 16.6. The zero-order valence-electron chi connectivity index (χ0n) is 15.0. The molecule has 0 spiro atoms. The number of rotatable bonds is 6. The lowest BCUT2D eigenvalue weighted by Gasteiger charge is -2.34. The highest BCUT2D eigenvalue weighted by molar-refractivity contribution is 7.89. The molecule has 0 radical (unpaired) electrons. The summed E-state index contributed by atoms with van der Waals surface area (Å²) < 4.78 is 27.5. The van der Waals surface area contributed by atoms with Gasteiger partial charge in [0.05, 0.1) is 4.90 Å². The maximum absolute atomic E-state index is 12.5. The van der Waals surface area contributed by atoms with Crippen molar-refractivity contribution in [1.29, 1.82) is 0 Å². The van der Waals surface area contributed by atoms with Gasteiger partial charge in [0.2, 0.25) is 15.9 Å². The monoisotopic (exact) mass is 375 g/mol. The van der Waals surface area contributed by atoms with Gasteiger partial charge in [0.15, 0.2) is 0 Å². The van der Waals surface area contributed by atoms with Crippen molar-refractivity contribution >= 4 is 26.7 Å². The summed E-state index contributed by atoms with van der Waals surface area (Å²) in [5.41, 5.74) is 0. The van der Waals surface area contributed by atoms with E-state index in [2.05, 4.69) is 16.5 Å². The van der Waals surface area contributed by atoms with Gasteiger partial charge in [0.25, 0.3) is 0 Å². The second-order valence-electron chi connectivity index (χ2n) is 6.47. The Morgan fingerprint density at radius 2 is 1.73 bits per heavy atom. The maximum Gasteiger partial charge on any atom is 0.240 e. The van der Waals surface area contributed by atoms with Gasteiger partial charge >= 0.3 is 0 Å². The predicted octanol–water partition coefficient (Wildman–Crippen LogP) is 1.67. The normalized spacial score (nSPS) is 16.1. The van der Waals surface area contributed by atoms with Crippen LogP contribution in [0.3, 0.4) is 0 Å². The van der Waals surface area contributed by atoms with E-state index in [9.17, 15) is 13.2 Å². The first kappa shape index (κ1) is 18.8. The molecular weight excluding hydrogens is 350 g/mol. The van der Waals surface area contributed by atoms with Gasteiger partial charge in [-0.1, -0.05) is 37.3 Å². The lowest BCUT2D eigenvalue weighted by atomic mass is 10.1. The molecule has 0 saturated carbocycles. The van der Waals surface area contributed by atoms with Gasteiger partial charge in [-0.05, 0) is 29.4 Å². The molecular formula is C19H25N3O3S. The zero-order chi connectivity index (χ0) is 18.6. The van der Waals surface area contributed by atoms with Crippen molar-refractivity contribution in [2.24, 2.45) is 0 Å². The van der Waals surface area contributed by atoms with Crippen LogP contribution in [0.5, 0.6) is 0 Å². The van der Waals surface area contributed by atoms with Gasteiger partial charge in [0.1, 0.15) is 0 Å². The highest BCUT2D eigenvalue weighted by atomic mass is 32.2. The lowest BCUT2D eigenvalue weighted by Crippen LogP contribution is -2.49. The molecule has 2 aromatic carbocycles. The van der Waals surface area contributed by atoms with Crippen molar-refractivity contribution in [2.45, 2.75) is 18.2 Å². The molecule has 26 heavy (non-hydrogen) atoms. The van der Waals surface area contributed by atoms with Crippen LogP contribution in [-0.4, -0.2) is 63.4 Å². The molecule has 1 fully saturated rings. The third-order valence-corrected chi connectivity index (χ3v) is 6.29. The largest absolute Gasteiger partial charge is 0.340 e. The number of amides is 1. The van der Waals surface area contributed by atoms with Gasteiger partial charge in [-0.2, -0.15) is 0 Å². The number of carbonyl (C=O) groups is 1. The average molecular weight is 375 g/mol. The second kappa shape index (κ2) is 8.16. The summed E-state index contributed by atoms with van der Waals surface area (Å²) in [6, 6.07) is 12.7. The Hall–Kier alpha value is -1.96. The Morgan fingerprint density at radius 3 is 2.42 bits per heavy atom. The highest BCUT2D eigenvalue weighted by Gasteiger charge is 2.21. The molecule has 1 aliphatic rings. The van der Waals surface area contributed by atoms with E-state index in [-0.39, 0.29) is 23.8 Å². The van der Waals surface area contributed by atoms with Crippen LogP contribution in [0.2, 0.25) is 0 Å². The van der Waals surface area contributed by atoms with E-state index < -0.39 is 10.0 Å². The summed E-state index contributed by atoms with van der Waals surface area (Å²) in [6.45, 7) is 6.40. The van der Waals surface area contributed by atoms with Crippen molar-refractivity contribution in [1.82, 2.24) is 14.5 Å². The Bertz CT molecular complexity index is 874. The molecule has 140 valence electrons. The van der Waals surface area contributed by atoms with Gasteiger partial charge in [-0.25, -0.2) is 13.1 Å². The molecule has 3 rings (SSSR count). The van der Waals surface area contributed by atoms with Gasteiger partial charge in [0, 0.05) is 39.1 Å². The van der Waals surface area contributed by atoms with Crippen LogP contribution in [0, 0.1) is 0 Å². The first-order valence-corrected chi connectivity index (χ1v) is 10.5. The van der Waals surface area contributed by atoms with Gasteiger partial charge in [-0.15, -0.1) is 0 Å². The molecule has 0 unspecified atom stereocenters. The van der Waals surface area contributed by atoms with Gasteiger partial charge < -0.3 is 9.80 Å². The lowest BCUT2D eigenvalue weighted by molar-refractivity contribution is -0.132. The molecule has 0 bridgehead atoms. The smallest absolute Gasteiger partial charge is 0.240 e. The fraction of sp³-hybridized carbons (Fsp3) is 0.421. The Labute approximate surface area is 154 Å². The third kappa shape index (κ3) is 4.41. The Balaban J connectivity index is 1.55. The number of hydrogen-bond acceptors (Lipinski definition) is 4. The average Bonchev–Trinajstić information content (AvgIpc) is 2.67. The first-order chi connectivity index (χ1) is 12.5. The van der Waals surface area contributed by atoms with E-state index in [1.807, 2.05) is 29.2 Å². The van der Waals surface area contributed by atoms with Crippen molar-refractivity contribution in [3.8, 4) is 0 Å². The molecule has 7 heteroatoms. The number of sulfonamides is 1. The molecule has 1 amide bonds. The quantitative estimate of drug-likeness (QED) is 0.834. The predicted molar refractivity (Wildman–Crippen MR) is 102 cm³/mol. The summed E-state index contributed by atoms with van der Waals surface area (Å²) in [7, 11) is -3.62. The van der Waals surface area contributed by atoms with E-state index in [0.29, 0.717) is 13.1 Å². The van der Waals surface area contributed by atoms with E-state index in [1.165, 1.54) is 0 Å². The van der Waals surface area contributed by atoms with Crippen molar-refractivity contribution in [3.05, 3.63) is 42.5 Å². The molecule has 6 nitrogen and oxygen atoms in total. The first-order valence-electron chi connectivity index (χ1n) is 8.98. The summed E-state index contributed by atoms with van der Waals surface area (Å²) in [5.74, 6) is 0.00182. The minimum absolute atomic E-state index is 0.00182. The molecule has 1 aliphatic heterocycles. The standard InChI is InChI=1S/C19H25N3O3S/c1-2-21-11-13-22(14-12-21)19(23)9-10-20-26(24,25)18-8-7-16-5-3-4-6-17(16)15-18/h3-8,15,20H,2,9-14H2,1H3. The molecule has 0 aliphatic carbocycles. The second-order valence-corrected chi connectivity index (χ2v) is 8.24. The van der Waals surface area contributed by atoms with Crippen LogP contribution in [0.4, 0.5) is 0 Å². The third-order valence-electron chi connectivity index (χ3n) is 4.83. The molecule has 1 heterocycles. The van der Waals surface area contributed by atoms with Crippen LogP contribution in [0.25, 0.3) is 10.8 Å². The minimum atomic E-state index is -3.62. The number of piperazine rings is 1. The van der Waals surface area contributed by atoms with Crippen LogP contribution < -0.4 is 4.72 Å². The Morgan fingerprint density at radius 1 is 1.04 bits per heavy atom. The summed E-state index contributed by atoms with van der Waals surface area (Å²) in [5, 5.41) is 1.87. The van der Waals surface area contributed by atoms with Crippen molar-refractivity contribution < 1.29 is 13.2 Å². The fourth-order valence-corrected chi connectivity index (χ4v) is 4.25. The zero-order valence-corrected chi connectivity index (χ0v) is 15.8. The number of carbonyl (C=O) groups excluding carboxylic acids is 1. The van der Waals surface area contributed by atoms with Crippen molar-refractivity contribution in [2.75, 3.05) is 39.3 Å². The van der Waals surface area contributed by atoms with E-state index in [0.717, 1.165) is 30.4 Å². The Kier molecular flexibility index (Phi) is 5.90. The van der Waals surface area contributed by atoms with Crippen molar-refractivity contribution in [3.63, 3.8) is 0 Å². The number of likely N-dealkylation sites (N-methyl/N-ethyl adjacent to an activating group) is 1. The summed E-state index contributed by atoms with van der Waals surface area (Å²) in [6.07, 6.45) is 0.180. The molecule has 0 aromatic heterocycles. The summed E-state index contributed by atoms with van der Waals surface area (Å²) >= 11 is 0. The number of nitrogens with zero attached hydrogens (tertiary/aromatic N) is 2. The van der Waals surface area contributed by atoms with E-state index in [4.69, 9.17) is 0 Å². The van der Waals surface area contributed by atoms with Crippen LogP contribution >= 0.6 is 0 Å². The SMILES string of the molecule is CCN1CCN(C(=O)CCNS(=O)(=O)c2ccc3ccccc3c2)CC1. The topological polar surface area (TPSA) is 69.7 Å². The number of benzene rings is 2. The highest BCUT2D eigenvalue weighted by Crippen LogP contribution is 2.18. The molecule has 1 N–H and O–H groups in total. The van der Waals surface area contributed by atoms with E-state index in [1.54, 1.807) is 18.2 Å². The van der Waals surface area contributed by atoms with Gasteiger partial charge in [-0.3, -0.25) is 4.79 Å². The van der Waals surface area contributed by atoms with Crippen LogP contribution in [-0.2, 0) is 14.8 Å². The molecule has 1 saturated heterocycles. The molecule has 0 atom stereocenters. The van der Waals surface area contributed by atoms with Crippen LogP contribution in [0.15, 0.2) is 47.4 Å². The number of nitrogens with one attached hydrogen (secondary N) is 1. The minimum Gasteiger partial charge on any atom is -0.340 e. The van der Waals surface area contributed by atoms with E-state index >= 15 is 0 Å². The maximum atomic E-state index is 12.5. The number of hydrogen-bond donors (Lipinski definition) is 1. The molecule has 2 aromatic rings. The number of fused-ring (bicyclic) bond motifs is 1. The van der Waals surface area contributed by atoms with Crippen LogP contribution in [0.1, 0.15) is 13.3 Å². The fourth-order valence-electron chi connectivity index (χ4n) is 3.18.